The van der Waals surface area contributed by atoms with E-state index >= 15 is 0 Å². The minimum Gasteiger partial charge on any atom is -0.465 e. The van der Waals surface area contributed by atoms with E-state index in [4.69, 9.17) is 24.4 Å². The van der Waals surface area contributed by atoms with E-state index in [1.807, 2.05) is 20.8 Å². The van der Waals surface area contributed by atoms with Crippen LogP contribution in [0.1, 0.15) is 100 Å². The van der Waals surface area contributed by atoms with E-state index in [9.17, 15) is 9.59 Å². The van der Waals surface area contributed by atoms with Gasteiger partial charge in [-0.2, -0.15) is 0 Å². The predicted molar refractivity (Wildman–Crippen MR) is 190 cm³/mol. The second-order valence-electron chi connectivity index (χ2n) is 16.1. The molecule has 0 amide bonds. The molecular weight excluding hydrogens is 607 g/mol. The molecule has 4 rings (SSSR count). The summed E-state index contributed by atoms with van der Waals surface area (Å²) in [5, 5.41) is 2.30. The molecule has 0 aromatic heterocycles. The topological polar surface area (TPSA) is 97.1 Å². The molecule has 2 aromatic carbocycles. The van der Waals surface area contributed by atoms with Gasteiger partial charge in [-0.15, -0.1) is 0 Å². The van der Waals surface area contributed by atoms with Crippen LogP contribution >= 0.6 is 0 Å². The van der Waals surface area contributed by atoms with Crippen molar-refractivity contribution in [1.29, 1.82) is 0 Å². The molecule has 2 saturated heterocycles. The minimum atomic E-state index is -2.82. The summed E-state index contributed by atoms with van der Waals surface area (Å²) in [5.41, 5.74) is 5.31. The highest BCUT2D eigenvalue weighted by Gasteiger charge is 2.57. The molecule has 2 aliphatic rings. The number of benzene rings is 2. The highest BCUT2D eigenvalue weighted by atomic mass is 28.4. The van der Waals surface area contributed by atoms with Crippen molar-refractivity contribution >= 4 is 30.4 Å². The summed E-state index contributed by atoms with van der Waals surface area (Å²) < 4.78 is 27.0. The Kier molecular flexibility index (Phi) is 12.3. The summed E-state index contributed by atoms with van der Waals surface area (Å²) in [6.07, 6.45) is 5.02. The van der Waals surface area contributed by atoms with Crippen molar-refractivity contribution in [3.05, 3.63) is 60.7 Å². The SMILES string of the molecule is CC(=O)CC(N)[C@H](C)C[C@H]1CC[C@@H]2O[C@@H](CCCOC(=O)C(C)(C)C)C[C@]2(CO[Si](c2ccccc2)(c2ccccc2)C(C)(C)C)O1. The van der Waals surface area contributed by atoms with E-state index in [0.717, 1.165) is 32.1 Å². The molecule has 47 heavy (non-hydrogen) atoms. The Bertz CT molecular complexity index is 1270. The Morgan fingerprint density at radius 2 is 1.55 bits per heavy atom. The largest absolute Gasteiger partial charge is 0.465 e. The van der Waals surface area contributed by atoms with Crippen LogP contribution in [-0.2, 0) is 28.2 Å². The summed E-state index contributed by atoms with van der Waals surface area (Å²) in [4.78, 5) is 24.1. The third kappa shape index (κ3) is 9.01. The van der Waals surface area contributed by atoms with Crippen LogP contribution in [0.15, 0.2) is 60.7 Å². The molecule has 6 atom stereocenters. The Morgan fingerprint density at radius 1 is 0.957 bits per heavy atom. The first-order valence-electron chi connectivity index (χ1n) is 17.6. The van der Waals surface area contributed by atoms with Crippen LogP contribution in [-0.4, -0.2) is 63.2 Å². The van der Waals surface area contributed by atoms with E-state index in [1.54, 1.807) is 6.92 Å². The number of Topliss-reactive ketones (excluding diaryl/α,β-unsaturated/α-hetero) is 1. The summed E-state index contributed by atoms with van der Waals surface area (Å²) in [6, 6.07) is 21.2. The van der Waals surface area contributed by atoms with Gasteiger partial charge in [0.1, 0.15) is 11.4 Å². The lowest BCUT2D eigenvalue weighted by Crippen LogP contribution is -2.68. The maximum Gasteiger partial charge on any atom is 0.311 e. The van der Waals surface area contributed by atoms with E-state index < -0.39 is 19.3 Å². The second-order valence-corrected chi connectivity index (χ2v) is 20.4. The lowest BCUT2D eigenvalue weighted by atomic mass is 9.83. The zero-order valence-electron chi connectivity index (χ0n) is 30.1. The summed E-state index contributed by atoms with van der Waals surface area (Å²) >= 11 is 0. The number of fused-ring (bicyclic) bond motifs is 1. The number of esters is 1. The van der Waals surface area contributed by atoms with Gasteiger partial charge in [-0.3, -0.25) is 9.59 Å². The number of ketones is 1. The van der Waals surface area contributed by atoms with Crippen LogP contribution in [0.5, 0.6) is 0 Å². The molecule has 0 bridgehead atoms. The highest BCUT2D eigenvalue weighted by molar-refractivity contribution is 6.99. The van der Waals surface area contributed by atoms with Gasteiger partial charge in [0.05, 0.1) is 36.9 Å². The molecular formula is C39H59NO6Si. The third-order valence-corrected chi connectivity index (χ3v) is 15.0. The maximum absolute atomic E-state index is 12.3. The maximum atomic E-state index is 12.3. The number of carbonyl (C=O) groups is 2. The van der Waals surface area contributed by atoms with Gasteiger partial charge in [-0.1, -0.05) is 88.4 Å². The Hall–Kier alpha value is -2.36. The first kappa shape index (κ1) is 37.5. The van der Waals surface area contributed by atoms with Gasteiger partial charge in [-0.25, -0.2) is 0 Å². The molecule has 0 spiro atoms. The average Bonchev–Trinajstić information content (AvgIpc) is 3.37. The Morgan fingerprint density at radius 3 is 2.09 bits per heavy atom. The van der Waals surface area contributed by atoms with Crippen LogP contribution in [0.25, 0.3) is 0 Å². The number of rotatable bonds is 14. The van der Waals surface area contributed by atoms with Crippen molar-refractivity contribution in [1.82, 2.24) is 0 Å². The molecule has 2 aromatic rings. The molecule has 2 fully saturated rings. The zero-order valence-corrected chi connectivity index (χ0v) is 31.1. The lowest BCUT2D eigenvalue weighted by Gasteiger charge is -2.48. The summed E-state index contributed by atoms with van der Waals surface area (Å²) in [7, 11) is -2.82. The van der Waals surface area contributed by atoms with Crippen molar-refractivity contribution < 1.29 is 28.2 Å². The summed E-state index contributed by atoms with van der Waals surface area (Å²) in [6.45, 7) is 17.0. The molecule has 0 saturated carbocycles. The molecule has 2 heterocycles. The Labute approximate surface area is 284 Å². The molecule has 8 heteroatoms. The fourth-order valence-corrected chi connectivity index (χ4v) is 12.0. The number of carbonyl (C=O) groups excluding carboxylic acids is 2. The number of nitrogens with two attached hydrogens (primary N) is 1. The molecule has 0 radical (unpaired) electrons. The third-order valence-electron chi connectivity index (χ3n) is 10.0. The van der Waals surface area contributed by atoms with Crippen molar-refractivity contribution in [2.75, 3.05) is 13.2 Å². The summed E-state index contributed by atoms with van der Waals surface area (Å²) in [5.74, 6) is 0.0760. The van der Waals surface area contributed by atoms with Gasteiger partial charge in [0.25, 0.3) is 8.32 Å². The molecule has 7 nitrogen and oxygen atoms in total. The fourth-order valence-electron chi connectivity index (χ4n) is 7.43. The average molecular weight is 666 g/mol. The fraction of sp³-hybridized carbons (Fsp3) is 0.641. The molecule has 0 aliphatic carbocycles. The molecule has 2 aliphatic heterocycles. The quantitative estimate of drug-likeness (QED) is 0.143. The number of hydrogen-bond donors (Lipinski definition) is 1. The molecule has 1 unspecified atom stereocenters. The number of ether oxygens (including phenoxy) is 3. The first-order chi connectivity index (χ1) is 22.1. The van der Waals surface area contributed by atoms with Gasteiger partial charge in [0.15, 0.2) is 0 Å². The van der Waals surface area contributed by atoms with Gasteiger partial charge in [0, 0.05) is 18.9 Å². The number of hydrogen-bond acceptors (Lipinski definition) is 7. The van der Waals surface area contributed by atoms with Crippen LogP contribution in [0.2, 0.25) is 5.04 Å². The highest BCUT2D eigenvalue weighted by Crippen LogP contribution is 2.46. The van der Waals surface area contributed by atoms with Crippen LogP contribution in [0.4, 0.5) is 0 Å². The van der Waals surface area contributed by atoms with Gasteiger partial charge >= 0.3 is 5.97 Å². The van der Waals surface area contributed by atoms with Crippen LogP contribution in [0.3, 0.4) is 0 Å². The van der Waals surface area contributed by atoms with E-state index in [1.165, 1.54) is 10.4 Å². The minimum absolute atomic E-state index is 0.00268. The first-order valence-corrected chi connectivity index (χ1v) is 19.5. The molecule has 260 valence electrons. The van der Waals surface area contributed by atoms with Gasteiger partial charge in [-0.05, 0) is 81.1 Å². The predicted octanol–water partition coefficient (Wildman–Crippen LogP) is 6.34. The van der Waals surface area contributed by atoms with Crippen molar-refractivity contribution in [3.8, 4) is 0 Å². The van der Waals surface area contributed by atoms with E-state index in [2.05, 4.69) is 88.4 Å². The van der Waals surface area contributed by atoms with Crippen LogP contribution in [0, 0.1) is 11.3 Å². The van der Waals surface area contributed by atoms with Gasteiger partial charge < -0.3 is 24.4 Å². The van der Waals surface area contributed by atoms with E-state index in [0.29, 0.717) is 26.1 Å². The Balaban J connectivity index is 1.61. The van der Waals surface area contributed by atoms with E-state index in [-0.39, 0.29) is 47.1 Å². The van der Waals surface area contributed by atoms with Crippen molar-refractivity contribution in [2.24, 2.45) is 17.1 Å². The standard InChI is InChI=1S/C39H59NO6Si/c1-28(34(40)25-29(2)41)24-30-21-22-35-39(46-30,26-31(45-35)16-15-23-43-36(42)37(3,4)5)27-44-47(38(6,7)8,32-17-11-9-12-18-32)33-19-13-10-14-20-33/h9-14,17-20,28,30-31,34-35H,15-16,21-27,40H2,1-8H3/t28-,30-,31+,34?,35+,39-/m1/s1. The van der Waals surface area contributed by atoms with Crippen molar-refractivity contribution in [3.63, 3.8) is 0 Å². The molecule has 2 N–H and O–H groups in total. The zero-order chi connectivity index (χ0) is 34.5. The smallest absolute Gasteiger partial charge is 0.311 e. The second kappa shape index (κ2) is 15.5. The lowest BCUT2D eigenvalue weighted by molar-refractivity contribution is -0.184. The van der Waals surface area contributed by atoms with Gasteiger partial charge in [0.2, 0.25) is 0 Å². The van der Waals surface area contributed by atoms with Crippen LogP contribution < -0.4 is 16.1 Å². The van der Waals surface area contributed by atoms with Crippen molar-refractivity contribution in [2.45, 2.75) is 135 Å². The monoisotopic (exact) mass is 665 g/mol. The normalized spacial score (nSPS) is 24.7.